The van der Waals surface area contributed by atoms with E-state index in [0.29, 0.717) is 0 Å². The number of hydrogen-bond donors (Lipinski definition) is 0. The zero-order valence-electron chi connectivity index (χ0n) is 5.27. The van der Waals surface area contributed by atoms with Gasteiger partial charge in [0.15, 0.2) is 0 Å². The van der Waals surface area contributed by atoms with Crippen molar-refractivity contribution in [2.45, 2.75) is 23.8 Å². The molecule has 0 aromatic heterocycles. The number of halogens is 6. The summed E-state index contributed by atoms with van der Waals surface area (Å²) in [6.07, 6.45) is 0. The van der Waals surface area contributed by atoms with Crippen molar-refractivity contribution >= 4 is 34.8 Å². The van der Waals surface area contributed by atoms with Gasteiger partial charge in [-0.05, 0) is 11.6 Å². The van der Waals surface area contributed by atoms with Crippen molar-refractivity contribution < 1.29 is 13.2 Å². The van der Waals surface area contributed by atoms with E-state index in [2.05, 4.69) is 34.8 Å². The Labute approximate surface area is 72.2 Å². The van der Waals surface area contributed by atoms with Gasteiger partial charge in [-0.1, -0.05) is 37.0 Å². The first kappa shape index (κ1) is 13.3. The van der Waals surface area contributed by atoms with Crippen molar-refractivity contribution in [1.29, 1.82) is 0 Å². The number of alkyl halides is 6. The molecule has 10 heavy (non-hydrogen) atoms. The van der Waals surface area contributed by atoms with Gasteiger partial charge in [0, 0.05) is 0 Å². The molecule has 0 aliphatic rings. The first-order valence-electron chi connectivity index (χ1n) is 2.38. The van der Waals surface area contributed by atoms with Gasteiger partial charge in [0.25, 0.3) is 0 Å². The van der Waals surface area contributed by atoms with Crippen LogP contribution in [0, 0.1) is 0 Å². The minimum absolute atomic E-state index is 2.00. The van der Waals surface area contributed by atoms with Crippen LogP contribution in [-0.2, 0) is 0 Å². The molecular formula is C4H6Cl3F3. The summed E-state index contributed by atoms with van der Waals surface area (Å²) in [6.45, 7) is 4.00. The van der Waals surface area contributed by atoms with Crippen LogP contribution >= 0.6 is 34.8 Å². The van der Waals surface area contributed by atoms with Crippen LogP contribution in [0.2, 0.25) is 0 Å². The van der Waals surface area contributed by atoms with Gasteiger partial charge in [0.1, 0.15) is 0 Å². The van der Waals surface area contributed by atoms with Gasteiger partial charge in [-0.25, -0.2) is 0 Å². The third kappa shape index (κ3) is 5.45. The molecule has 0 aromatic rings. The average Bonchev–Trinajstić information content (AvgIpc) is 1.66. The smallest absolute Gasteiger partial charge is 0.199 e. The van der Waals surface area contributed by atoms with E-state index in [-0.39, 0.29) is 0 Å². The average molecular weight is 217 g/mol. The number of hydrogen-bond acceptors (Lipinski definition) is 0. The molecule has 0 saturated carbocycles. The molecule has 0 aliphatic carbocycles. The van der Waals surface area contributed by atoms with Gasteiger partial charge in [0.05, 0.1) is 0 Å². The van der Waals surface area contributed by atoms with Crippen molar-refractivity contribution in [2.75, 3.05) is 0 Å². The first-order chi connectivity index (χ1) is 4.25. The standard InChI is InChI=1S/C2Cl3F3.C2H6/c3-1(4,6)2(5,7)8;1-2/h;1-2H3. The third-order valence-corrected chi connectivity index (χ3v) is 1.25. The second-order valence-corrected chi connectivity index (χ2v) is 2.71. The highest BCUT2D eigenvalue weighted by Crippen LogP contribution is 2.42. The van der Waals surface area contributed by atoms with Gasteiger partial charge in [0.2, 0.25) is 0 Å². The lowest BCUT2D eigenvalue weighted by Crippen LogP contribution is -2.27. The Balaban J connectivity index is 0. The second-order valence-electron chi connectivity index (χ2n) is 0.996. The molecule has 0 nitrogen and oxygen atoms in total. The predicted molar refractivity (Wildman–Crippen MR) is 37.7 cm³/mol. The summed E-state index contributed by atoms with van der Waals surface area (Å²) in [6, 6.07) is 0. The predicted octanol–water partition coefficient (Wildman–Crippen LogP) is 3.95. The van der Waals surface area contributed by atoms with Crippen molar-refractivity contribution in [3.05, 3.63) is 0 Å². The molecule has 0 amide bonds. The molecule has 0 atom stereocenters. The van der Waals surface area contributed by atoms with Gasteiger partial charge in [-0.2, -0.15) is 13.2 Å². The largest absolute Gasteiger partial charge is 0.383 e. The van der Waals surface area contributed by atoms with E-state index in [1.54, 1.807) is 0 Å². The van der Waals surface area contributed by atoms with E-state index < -0.39 is 9.97 Å². The van der Waals surface area contributed by atoms with E-state index in [9.17, 15) is 13.2 Å². The Morgan fingerprint density at radius 1 is 0.900 bits per heavy atom. The summed E-state index contributed by atoms with van der Waals surface area (Å²) < 4.78 is 30.6. The molecule has 0 rings (SSSR count). The van der Waals surface area contributed by atoms with E-state index >= 15 is 0 Å². The minimum Gasteiger partial charge on any atom is -0.199 e. The fourth-order valence-corrected chi connectivity index (χ4v) is 0. The van der Waals surface area contributed by atoms with E-state index in [1.807, 2.05) is 13.8 Å². The summed E-state index contributed by atoms with van der Waals surface area (Å²) in [5, 5.41) is -4.23. The maximum atomic E-state index is 11.5. The Morgan fingerprint density at radius 2 is 1.00 bits per heavy atom. The molecule has 0 aliphatic heterocycles. The highest BCUT2D eigenvalue weighted by atomic mass is 35.5. The van der Waals surface area contributed by atoms with Crippen molar-refractivity contribution in [2.24, 2.45) is 0 Å². The molecule has 0 bridgehead atoms. The molecule has 0 radical (unpaired) electrons. The molecule has 0 saturated heterocycles. The Morgan fingerprint density at radius 3 is 1.00 bits per heavy atom. The topological polar surface area (TPSA) is 0 Å². The van der Waals surface area contributed by atoms with Crippen LogP contribution in [0.3, 0.4) is 0 Å². The van der Waals surface area contributed by atoms with Crippen LogP contribution in [0.1, 0.15) is 13.8 Å². The van der Waals surface area contributed by atoms with Crippen LogP contribution in [0.4, 0.5) is 13.2 Å². The Kier molecular flexibility index (Phi) is 6.00. The maximum absolute atomic E-state index is 11.5. The molecule has 6 heteroatoms. The molecular weight excluding hydrogens is 211 g/mol. The van der Waals surface area contributed by atoms with Crippen LogP contribution in [0.5, 0.6) is 0 Å². The lowest BCUT2D eigenvalue weighted by atomic mass is 10.8. The van der Waals surface area contributed by atoms with Crippen molar-refractivity contribution in [3.63, 3.8) is 0 Å². The van der Waals surface area contributed by atoms with Gasteiger partial charge >= 0.3 is 9.97 Å². The van der Waals surface area contributed by atoms with E-state index in [1.165, 1.54) is 0 Å². The first-order valence-corrected chi connectivity index (χ1v) is 3.52. The monoisotopic (exact) mass is 216 g/mol. The Hall–Kier alpha value is 0.660. The minimum atomic E-state index is -4.23. The van der Waals surface area contributed by atoms with Crippen molar-refractivity contribution in [1.82, 2.24) is 0 Å². The molecule has 0 heterocycles. The summed E-state index contributed by atoms with van der Waals surface area (Å²) in [4.78, 5) is 0. The molecule has 0 N–H and O–H groups in total. The zero-order chi connectivity index (χ0) is 9.00. The second kappa shape index (κ2) is 4.52. The fraction of sp³-hybridized carbons (Fsp3) is 1.00. The fourth-order valence-electron chi connectivity index (χ4n) is 0. The lowest BCUT2D eigenvalue weighted by molar-refractivity contribution is 0.0241. The lowest BCUT2D eigenvalue weighted by Gasteiger charge is -2.13. The summed E-state index contributed by atoms with van der Waals surface area (Å²) >= 11 is 12.5. The van der Waals surface area contributed by atoms with Crippen LogP contribution in [0.25, 0.3) is 0 Å². The Bertz CT molecular complexity index is 70.7. The summed E-state index contributed by atoms with van der Waals surface area (Å²) in [5.74, 6) is 0. The SMILES string of the molecule is CC.FC(F)(Cl)C(F)(Cl)Cl. The normalized spacial score (nSPS) is 12.0. The van der Waals surface area contributed by atoms with Crippen LogP contribution < -0.4 is 0 Å². The molecule has 0 unspecified atom stereocenters. The van der Waals surface area contributed by atoms with Gasteiger partial charge in [-0.3, -0.25) is 0 Å². The van der Waals surface area contributed by atoms with Gasteiger partial charge < -0.3 is 0 Å². The van der Waals surface area contributed by atoms with Crippen LogP contribution in [0.15, 0.2) is 0 Å². The summed E-state index contributed by atoms with van der Waals surface area (Å²) in [7, 11) is 0. The molecule has 0 aromatic carbocycles. The third-order valence-electron chi connectivity index (χ3n) is 0.321. The molecule has 64 valence electrons. The van der Waals surface area contributed by atoms with E-state index in [0.717, 1.165) is 0 Å². The molecule has 0 spiro atoms. The highest BCUT2D eigenvalue weighted by molar-refractivity contribution is 6.51. The molecule has 0 fully saturated rings. The van der Waals surface area contributed by atoms with E-state index in [4.69, 9.17) is 0 Å². The van der Waals surface area contributed by atoms with Crippen LogP contribution in [-0.4, -0.2) is 9.97 Å². The maximum Gasteiger partial charge on any atom is 0.383 e. The van der Waals surface area contributed by atoms with Crippen molar-refractivity contribution in [3.8, 4) is 0 Å². The summed E-state index contributed by atoms with van der Waals surface area (Å²) in [5.41, 5.74) is 0. The highest BCUT2D eigenvalue weighted by Gasteiger charge is 2.51. The van der Waals surface area contributed by atoms with Gasteiger partial charge in [-0.15, -0.1) is 0 Å². The quantitative estimate of drug-likeness (QED) is 0.584. The zero-order valence-corrected chi connectivity index (χ0v) is 7.54. The number of rotatable bonds is 1.